The van der Waals surface area contributed by atoms with Crippen molar-refractivity contribution in [3.63, 3.8) is 0 Å². The highest BCUT2D eigenvalue weighted by Gasteiger charge is 2.51. The van der Waals surface area contributed by atoms with E-state index in [0.29, 0.717) is 38.2 Å². The second-order valence-corrected chi connectivity index (χ2v) is 8.02. The van der Waals surface area contributed by atoms with Gasteiger partial charge < -0.3 is 15.0 Å². The van der Waals surface area contributed by atoms with E-state index in [1.165, 1.54) is 0 Å². The van der Waals surface area contributed by atoms with Gasteiger partial charge in [-0.1, -0.05) is 0 Å². The minimum absolute atomic E-state index is 0.00923. The molecule has 0 bridgehead atoms. The number of carbonyl (C=O) groups is 2. The highest BCUT2D eigenvalue weighted by Crippen LogP contribution is 2.39. The third kappa shape index (κ3) is 4.03. The summed E-state index contributed by atoms with van der Waals surface area (Å²) in [5.74, 6) is 0.228. The first-order valence-electron chi connectivity index (χ1n) is 10.1. The Hall–Kier alpha value is -2.74. The lowest BCUT2D eigenvalue weighted by Gasteiger charge is -2.47. The van der Waals surface area contributed by atoms with Gasteiger partial charge in [0.2, 0.25) is 5.91 Å². The Kier molecular flexibility index (Phi) is 5.36. The molecule has 2 aromatic rings. The topological polar surface area (TPSA) is 89.4 Å². The van der Waals surface area contributed by atoms with Gasteiger partial charge in [0.1, 0.15) is 5.60 Å². The Morgan fingerprint density at radius 2 is 2.07 bits per heavy atom. The first-order chi connectivity index (χ1) is 14.0. The fourth-order valence-electron chi connectivity index (χ4n) is 4.26. The fraction of sp³-hybridized carbons (Fsp3) is 0.524. The van der Waals surface area contributed by atoms with Crippen LogP contribution in [0.2, 0.25) is 0 Å². The average molecular weight is 397 g/mol. The smallest absolute Gasteiger partial charge is 0.257 e. The molecule has 2 fully saturated rings. The molecule has 4 rings (SSSR count). The van der Waals surface area contributed by atoms with Crippen molar-refractivity contribution >= 4 is 11.8 Å². The molecular formula is C21H27N5O3. The van der Waals surface area contributed by atoms with Crippen molar-refractivity contribution in [2.75, 3.05) is 19.7 Å². The number of hydrogen-bond acceptors (Lipinski definition) is 5. The monoisotopic (exact) mass is 397 g/mol. The predicted molar refractivity (Wildman–Crippen MR) is 106 cm³/mol. The van der Waals surface area contributed by atoms with Crippen LogP contribution in [0.3, 0.4) is 0 Å². The van der Waals surface area contributed by atoms with Crippen molar-refractivity contribution in [3.05, 3.63) is 47.5 Å². The Morgan fingerprint density at radius 3 is 2.76 bits per heavy atom. The number of aromatic nitrogens is 3. The summed E-state index contributed by atoms with van der Waals surface area (Å²) in [5, 5.41) is 7.21. The van der Waals surface area contributed by atoms with Crippen LogP contribution in [-0.4, -0.2) is 56.8 Å². The Bertz CT molecular complexity index is 889. The second-order valence-electron chi connectivity index (χ2n) is 8.02. The van der Waals surface area contributed by atoms with Crippen molar-refractivity contribution in [2.24, 2.45) is 5.92 Å². The number of amides is 2. The summed E-state index contributed by atoms with van der Waals surface area (Å²) in [5.41, 5.74) is 2.30. The minimum Gasteiger partial charge on any atom is -0.371 e. The Labute approximate surface area is 170 Å². The molecule has 1 spiro atoms. The maximum absolute atomic E-state index is 12.7. The van der Waals surface area contributed by atoms with Crippen LogP contribution in [0.1, 0.15) is 41.4 Å². The van der Waals surface area contributed by atoms with Gasteiger partial charge >= 0.3 is 0 Å². The molecule has 8 nitrogen and oxygen atoms in total. The van der Waals surface area contributed by atoms with Crippen LogP contribution in [0.25, 0.3) is 0 Å². The van der Waals surface area contributed by atoms with E-state index in [4.69, 9.17) is 4.74 Å². The van der Waals surface area contributed by atoms with E-state index < -0.39 is 0 Å². The maximum atomic E-state index is 12.7. The highest BCUT2D eigenvalue weighted by molar-refractivity contribution is 5.95. The van der Waals surface area contributed by atoms with E-state index >= 15 is 0 Å². The zero-order valence-electron chi connectivity index (χ0n) is 16.9. The van der Waals surface area contributed by atoms with Crippen LogP contribution in [0, 0.1) is 12.8 Å². The van der Waals surface area contributed by atoms with E-state index in [9.17, 15) is 9.59 Å². The summed E-state index contributed by atoms with van der Waals surface area (Å²) in [6.07, 6.45) is 6.34. The van der Waals surface area contributed by atoms with Crippen molar-refractivity contribution in [3.8, 4) is 0 Å². The SMILES string of the molecule is CCn1ncc(C(=O)N2CC3(CC(CC(=O)NCc4ccncc4)CO3)C2)c1C. The lowest BCUT2D eigenvalue weighted by Crippen LogP contribution is -2.63. The minimum atomic E-state index is -0.291. The van der Waals surface area contributed by atoms with Crippen LogP contribution in [0.4, 0.5) is 0 Å². The molecule has 0 saturated carbocycles. The number of nitrogens with one attached hydrogen (secondary N) is 1. The molecule has 1 unspecified atom stereocenters. The third-order valence-corrected chi connectivity index (χ3v) is 5.88. The number of rotatable bonds is 6. The first kappa shape index (κ1) is 19.6. The summed E-state index contributed by atoms with van der Waals surface area (Å²) in [6.45, 7) is 6.91. The van der Waals surface area contributed by atoms with E-state index in [1.807, 2.05) is 35.6 Å². The van der Waals surface area contributed by atoms with Crippen LogP contribution < -0.4 is 5.32 Å². The molecule has 154 valence electrons. The normalized spacial score (nSPS) is 19.9. The fourth-order valence-corrected chi connectivity index (χ4v) is 4.26. The van der Waals surface area contributed by atoms with Crippen molar-refractivity contribution in [1.29, 1.82) is 0 Å². The van der Waals surface area contributed by atoms with Crippen LogP contribution in [0.15, 0.2) is 30.7 Å². The van der Waals surface area contributed by atoms with E-state index in [2.05, 4.69) is 15.4 Å². The molecule has 0 aromatic carbocycles. The molecule has 2 amide bonds. The molecule has 2 aliphatic heterocycles. The molecule has 29 heavy (non-hydrogen) atoms. The molecule has 2 aromatic heterocycles. The van der Waals surface area contributed by atoms with Gasteiger partial charge in [0.25, 0.3) is 5.91 Å². The standard InChI is InChI=1S/C21H27N5O3/c1-3-26-15(2)18(11-24-26)20(28)25-13-21(14-25)9-17(12-29-21)8-19(27)23-10-16-4-6-22-7-5-16/h4-7,11,17H,3,8-10,12-14H2,1-2H3,(H,23,27). The molecule has 1 atom stereocenters. The molecule has 2 saturated heterocycles. The van der Waals surface area contributed by atoms with Gasteiger partial charge in [0, 0.05) is 37.6 Å². The van der Waals surface area contributed by atoms with Gasteiger partial charge in [0.15, 0.2) is 0 Å². The number of likely N-dealkylation sites (tertiary alicyclic amines) is 1. The summed E-state index contributed by atoms with van der Waals surface area (Å²) >= 11 is 0. The van der Waals surface area contributed by atoms with E-state index in [1.54, 1.807) is 18.6 Å². The van der Waals surface area contributed by atoms with Crippen LogP contribution in [0.5, 0.6) is 0 Å². The van der Waals surface area contributed by atoms with E-state index in [0.717, 1.165) is 24.2 Å². The molecule has 8 heteroatoms. The number of pyridine rings is 1. The Balaban J connectivity index is 1.24. The molecule has 0 radical (unpaired) electrons. The zero-order chi connectivity index (χ0) is 20.4. The second kappa shape index (κ2) is 7.94. The number of carbonyl (C=O) groups excluding carboxylic acids is 2. The van der Waals surface area contributed by atoms with Gasteiger partial charge in [-0.25, -0.2) is 0 Å². The molecule has 0 aliphatic carbocycles. The van der Waals surface area contributed by atoms with Gasteiger partial charge in [0.05, 0.1) is 31.5 Å². The molecule has 1 N–H and O–H groups in total. The Morgan fingerprint density at radius 1 is 1.31 bits per heavy atom. The maximum Gasteiger partial charge on any atom is 0.257 e. The molecule has 4 heterocycles. The number of hydrogen-bond donors (Lipinski definition) is 1. The molecule has 2 aliphatic rings. The average Bonchev–Trinajstić information content (AvgIpc) is 3.29. The number of ether oxygens (including phenoxy) is 1. The van der Waals surface area contributed by atoms with Crippen molar-refractivity contribution in [2.45, 2.75) is 45.4 Å². The van der Waals surface area contributed by atoms with Crippen molar-refractivity contribution < 1.29 is 14.3 Å². The van der Waals surface area contributed by atoms with Gasteiger partial charge in [-0.05, 0) is 43.9 Å². The molecular weight excluding hydrogens is 370 g/mol. The van der Waals surface area contributed by atoms with Gasteiger partial charge in [-0.3, -0.25) is 19.3 Å². The van der Waals surface area contributed by atoms with Crippen molar-refractivity contribution in [1.82, 2.24) is 25.0 Å². The summed E-state index contributed by atoms with van der Waals surface area (Å²) in [4.78, 5) is 30.8. The van der Waals surface area contributed by atoms with Crippen LogP contribution >= 0.6 is 0 Å². The quantitative estimate of drug-likeness (QED) is 0.799. The lowest BCUT2D eigenvalue weighted by atomic mass is 9.85. The van der Waals surface area contributed by atoms with Gasteiger partial charge in [-0.2, -0.15) is 5.10 Å². The number of nitrogens with zero attached hydrogens (tertiary/aromatic N) is 4. The zero-order valence-corrected chi connectivity index (χ0v) is 16.9. The van der Waals surface area contributed by atoms with Gasteiger partial charge in [-0.15, -0.1) is 0 Å². The van der Waals surface area contributed by atoms with E-state index in [-0.39, 0.29) is 23.3 Å². The summed E-state index contributed by atoms with van der Waals surface area (Å²) in [7, 11) is 0. The third-order valence-electron chi connectivity index (χ3n) is 5.88. The summed E-state index contributed by atoms with van der Waals surface area (Å²) < 4.78 is 7.85. The highest BCUT2D eigenvalue weighted by atomic mass is 16.5. The largest absolute Gasteiger partial charge is 0.371 e. The predicted octanol–water partition coefficient (Wildman–Crippen LogP) is 1.54. The van der Waals surface area contributed by atoms with Crippen LogP contribution in [-0.2, 0) is 22.6 Å². The number of aryl methyl sites for hydroxylation is 1. The summed E-state index contributed by atoms with van der Waals surface area (Å²) in [6, 6.07) is 3.78. The first-order valence-corrected chi connectivity index (χ1v) is 10.1. The lowest BCUT2D eigenvalue weighted by molar-refractivity contribution is -0.122.